The van der Waals surface area contributed by atoms with E-state index in [0.717, 1.165) is 12.8 Å². The summed E-state index contributed by atoms with van der Waals surface area (Å²) in [7, 11) is 0. The molecule has 2 N–H and O–H groups in total. The normalized spacial score (nSPS) is 39.3. The average molecular weight is 199 g/mol. The van der Waals surface area contributed by atoms with E-state index in [2.05, 4.69) is 5.32 Å². The molecule has 3 fully saturated rings. The van der Waals surface area contributed by atoms with Crippen LogP contribution in [0.1, 0.15) is 26.2 Å². The molecule has 2 heterocycles. The Balaban J connectivity index is 1.82. The first kappa shape index (κ1) is 9.93. The third-order valence-corrected chi connectivity index (χ3v) is 3.34. The molecule has 2 aliphatic heterocycles. The Morgan fingerprint density at radius 2 is 2.29 bits per heavy atom. The van der Waals surface area contributed by atoms with Crippen LogP contribution in [0.25, 0.3) is 0 Å². The molecule has 0 spiro atoms. The van der Waals surface area contributed by atoms with Crippen LogP contribution in [0.5, 0.6) is 0 Å². The number of aliphatic hydroxyl groups excluding tert-OH is 1. The average Bonchev–Trinajstić information content (AvgIpc) is 2.69. The molecule has 4 heteroatoms. The van der Waals surface area contributed by atoms with E-state index in [-0.39, 0.29) is 23.5 Å². The largest absolute Gasteiger partial charge is 0.396 e. The van der Waals surface area contributed by atoms with Crippen molar-refractivity contribution >= 4 is 5.91 Å². The number of hydrogen-bond donors (Lipinski definition) is 2. The van der Waals surface area contributed by atoms with Crippen LogP contribution in [-0.4, -0.2) is 36.4 Å². The number of amides is 1. The van der Waals surface area contributed by atoms with Gasteiger partial charge in [0.25, 0.3) is 0 Å². The molecule has 0 aromatic carbocycles. The summed E-state index contributed by atoms with van der Waals surface area (Å²) in [6, 6.07) is 0. The van der Waals surface area contributed by atoms with Gasteiger partial charge in [0.05, 0.1) is 18.8 Å². The summed E-state index contributed by atoms with van der Waals surface area (Å²) in [5.74, 6) is 0.0661. The Bertz CT molecular complexity index is 246. The first-order valence-electron chi connectivity index (χ1n) is 5.15. The highest BCUT2D eigenvalue weighted by Crippen LogP contribution is 2.57. The van der Waals surface area contributed by atoms with Gasteiger partial charge in [-0.05, 0) is 12.8 Å². The second-order valence-electron chi connectivity index (χ2n) is 4.61. The van der Waals surface area contributed by atoms with E-state index in [4.69, 9.17) is 9.84 Å². The third-order valence-electron chi connectivity index (χ3n) is 3.34. The van der Waals surface area contributed by atoms with Gasteiger partial charge >= 0.3 is 0 Å². The highest BCUT2D eigenvalue weighted by molar-refractivity contribution is 5.75. The Labute approximate surface area is 83.6 Å². The van der Waals surface area contributed by atoms with Gasteiger partial charge in [-0.25, -0.2) is 0 Å². The molecule has 3 rings (SSSR count). The van der Waals surface area contributed by atoms with Gasteiger partial charge in [0.15, 0.2) is 0 Å². The van der Waals surface area contributed by atoms with Crippen LogP contribution in [-0.2, 0) is 9.53 Å². The van der Waals surface area contributed by atoms with Gasteiger partial charge in [-0.2, -0.15) is 0 Å². The smallest absolute Gasteiger partial charge is 0.219 e. The van der Waals surface area contributed by atoms with Crippen LogP contribution < -0.4 is 5.32 Å². The molecule has 80 valence electrons. The topological polar surface area (TPSA) is 58.6 Å². The van der Waals surface area contributed by atoms with E-state index in [1.807, 2.05) is 6.92 Å². The van der Waals surface area contributed by atoms with E-state index in [1.54, 1.807) is 0 Å². The summed E-state index contributed by atoms with van der Waals surface area (Å²) in [6.07, 6.45) is 2.29. The van der Waals surface area contributed by atoms with E-state index in [1.165, 1.54) is 0 Å². The van der Waals surface area contributed by atoms with Crippen LogP contribution in [0.15, 0.2) is 0 Å². The predicted molar refractivity (Wildman–Crippen MR) is 50.7 cm³/mol. The first-order valence-corrected chi connectivity index (χ1v) is 5.15. The van der Waals surface area contributed by atoms with Gasteiger partial charge in [0.1, 0.15) is 0 Å². The summed E-state index contributed by atoms with van der Waals surface area (Å²) in [6.45, 7) is 3.28. The van der Waals surface area contributed by atoms with Gasteiger partial charge in [0, 0.05) is 18.4 Å². The monoisotopic (exact) mass is 199 g/mol. The molecule has 1 aliphatic carbocycles. The Kier molecular flexibility index (Phi) is 2.27. The summed E-state index contributed by atoms with van der Waals surface area (Å²) in [5, 5.41) is 12.0. The highest BCUT2D eigenvalue weighted by atomic mass is 16.5. The zero-order chi connectivity index (χ0) is 10.2. The molecule has 2 bridgehead atoms. The molecular weight excluding hydrogens is 182 g/mol. The van der Waals surface area contributed by atoms with E-state index in [0.29, 0.717) is 19.6 Å². The second kappa shape index (κ2) is 3.21. The Morgan fingerprint density at radius 3 is 2.79 bits per heavy atom. The minimum Gasteiger partial charge on any atom is -0.396 e. The predicted octanol–water partition coefficient (Wildman–Crippen LogP) is 0.0541. The maximum atomic E-state index is 11.1. The van der Waals surface area contributed by atoms with Gasteiger partial charge < -0.3 is 15.2 Å². The highest BCUT2D eigenvalue weighted by Gasteiger charge is 2.61. The van der Waals surface area contributed by atoms with Crippen LogP contribution in [0.3, 0.4) is 0 Å². The van der Waals surface area contributed by atoms with Crippen molar-refractivity contribution in [3.63, 3.8) is 0 Å². The van der Waals surface area contributed by atoms with Gasteiger partial charge in [0.2, 0.25) is 5.91 Å². The molecule has 3 aliphatic rings. The van der Waals surface area contributed by atoms with Crippen molar-refractivity contribution < 1.29 is 14.6 Å². The van der Waals surface area contributed by atoms with Crippen LogP contribution in [0, 0.1) is 5.41 Å². The minimum atomic E-state index is -0.159. The number of fused-ring (bicyclic) bond motifs is 1. The first-order chi connectivity index (χ1) is 6.64. The maximum Gasteiger partial charge on any atom is 0.219 e. The fourth-order valence-corrected chi connectivity index (χ4v) is 2.54. The van der Waals surface area contributed by atoms with Gasteiger partial charge in [-0.1, -0.05) is 6.92 Å². The summed E-state index contributed by atoms with van der Waals surface area (Å²) in [5.41, 5.74) is -0.148. The van der Waals surface area contributed by atoms with E-state index >= 15 is 0 Å². The number of ether oxygens (including phenoxy) is 1. The number of carbonyl (C=O) groups excluding carboxylic acids is 1. The minimum absolute atomic E-state index is 0.0109. The number of carbonyl (C=O) groups is 1. The lowest BCUT2D eigenvalue weighted by molar-refractivity contribution is -0.122. The Morgan fingerprint density at radius 1 is 1.57 bits per heavy atom. The molecule has 1 amide bonds. The lowest BCUT2D eigenvalue weighted by atomic mass is 9.63. The molecular formula is C10H17NO3. The molecule has 2 saturated heterocycles. The van der Waals surface area contributed by atoms with E-state index in [9.17, 15) is 4.79 Å². The lowest BCUT2D eigenvalue weighted by Crippen LogP contribution is -2.52. The van der Waals surface area contributed by atoms with Crippen molar-refractivity contribution in [3.05, 3.63) is 0 Å². The van der Waals surface area contributed by atoms with E-state index < -0.39 is 0 Å². The lowest BCUT2D eigenvalue weighted by Gasteiger charge is -2.43. The summed E-state index contributed by atoms with van der Waals surface area (Å²) >= 11 is 0. The maximum absolute atomic E-state index is 11.1. The third kappa shape index (κ3) is 1.42. The van der Waals surface area contributed by atoms with Crippen molar-refractivity contribution in [3.8, 4) is 0 Å². The van der Waals surface area contributed by atoms with Crippen molar-refractivity contribution in [1.82, 2.24) is 5.32 Å². The SMILES string of the molecule is CCC(=O)NCC12CC(CO)(CO1)C2. The molecule has 0 radical (unpaired) electrons. The van der Waals surface area contributed by atoms with Gasteiger partial charge in [-0.3, -0.25) is 4.79 Å². The zero-order valence-electron chi connectivity index (χ0n) is 8.51. The van der Waals surface area contributed by atoms with Crippen molar-refractivity contribution in [2.45, 2.75) is 31.8 Å². The summed E-state index contributed by atoms with van der Waals surface area (Å²) < 4.78 is 5.63. The summed E-state index contributed by atoms with van der Waals surface area (Å²) in [4.78, 5) is 11.1. The Hall–Kier alpha value is -0.610. The van der Waals surface area contributed by atoms with Crippen molar-refractivity contribution in [2.24, 2.45) is 5.41 Å². The molecule has 0 aromatic heterocycles. The number of nitrogens with one attached hydrogen (secondary N) is 1. The van der Waals surface area contributed by atoms with Crippen molar-refractivity contribution in [2.75, 3.05) is 19.8 Å². The van der Waals surface area contributed by atoms with Crippen LogP contribution >= 0.6 is 0 Å². The standard InChI is InChI=1S/C10H17NO3/c1-2-8(13)11-5-10-3-9(4-10,6-12)7-14-10/h12H,2-7H2,1H3,(H,11,13). The number of rotatable bonds is 4. The second-order valence-corrected chi connectivity index (χ2v) is 4.61. The van der Waals surface area contributed by atoms with Crippen LogP contribution in [0.4, 0.5) is 0 Å². The fourth-order valence-electron chi connectivity index (χ4n) is 2.54. The molecule has 14 heavy (non-hydrogen) atoms. The van der Waals surface area contributed by atoms with Gasteiger partial charge in [-0.15, -0.1) is 0 Å². The molecule has 0 atom stereocenters. The molecule has 0 unspecified atom stereocenters. The zero-order valence-corrected chi connectivity index (χ0v) is 8.51. The quantitative estimate of drug-likeness (QED) is 0.673. The van der Waals surface area contributed by atoms with Crippen molar-refractivity contribution in [1.29, 1.82) is 0 Å². The number of hydrogen-bond acceptors (Lipinski definition) is 3. The molecule has 1 saturated carbocycles. The number of aliphatic hydroxyl groups is 1. The molecule has 0 aromatic rings. The fraction of sp³-hybridized carbons (Fsp3) is 0.900. The van der Waals surface area contributed by atoms with Crippen LogP contribution in [0.2, 0.25) is 0 Å². The molecule has 4 nitrogen and oxygen atoms in total.